The van der Waals surface area contributed by atoms with Crippen LogP contribution in [0.2, 0.25) is 61.4 Å². The van der Waals surface area contributed by atoms with E-state index in [0.29, 0.717) is 93.2 Å². The topological polar surface area (TPSA) is 175 Å². The molecule has 24 heteroatoms. The van der Waals surface area contributed by atoms with Crippen LogP contribution in [0.25, 0.3) is 55.3 Å². The predicted molar refractivity (Wildman–Crippen MR) is 380 cm³/mol. The molecule has 0 radical (unpaired) electrons. The van der Waals surface area contributed by atoms with E-state index in [1.165, 1.54) is 66.5 Å². The van der Waals surface area contributed by atoms with Crippen molar-refractivity contribution < 1.29 is 18.8 Å². The van der Waals surface area contributed by atoms with Gasteiger partial charge in [-0.05, 0) is 152 Å². The van der Waals surface area contributed by atoms with Crippen LogP contribution in [0.5, 0.6) is 0 Å². The van der Waals surface area contributed by atoms with Crippen molar-refractivity contribution in [2.24, 2.45) is 25.9 Å². The predicted octanol–water partition coefficient (Wildman–Crippen LogP) is 13.7. The Morgan fingerprint density at radius 1 is 0.611 bits per heavy atom. The summed E-state index contributed by atoms with van der Waals surface area (Å²) in [7, 11) is 0.521. The Hall–Kier alpha value is -4.79. The van der Waals surface area contributed by atoms with E-state index in [1.54, 1.807) is 27.1 Å². The molecular formula is C66H90BCl2IN12O6Si2. The minimum atomic E-state index is -1.21. The second-order valence-corrected chi connectivity index (χ2v) is 42.7. The van der Waals surface area contributed by atoms with Gasteiger partial charge in [-0.2, -0.15) is 0 Å². The van der Waals surface area contributed by atoms with Crippen molar-refractivity contribution in [2.75, 3.05) is 23.0 Å². The summed E-state index contributed by atoms with van der Waals surface area (Å²) in [5, 5.41) is 1.54. The summed E-state index contributed by atoms with van der Waals surface area (Å²) in [4.78, 5) is 59.8. The molecule has 5 saturated heterocycles. The van der Waals surface area contributed by atoms with Gasteiger partial charge in [0.05, 0.1) is 59.0 Å². The van der Waals surface area contributed by atoms with Crippen molar-refractivity contribution in [3.05, 3.63) is 95.0 Å². The number of aryl methyl sites for hydroxylation is 2. The fourth-order valence-corrected chi connectivity index (χ4v) is 16.5. The van der Waals surface area contributed by atoms with Gasteiger partial charge in [0.15, 0.2) is 11.3 Å². The molecule has 6 aromatic heterocycles. The number of nitrogens with zero attached hydrogens (tertiary/aromatic N) is 12. The molecule has 482 valence electrons. The molecule has 13 rings (SSSR count). The van der Waals surface area contributed by atoms with Crippen molar-refractivity contribution in [1.82, 2.24) is 48.2 Å². The van der Waals surface area contributed by atoms with E-state index in [0.717, 1.165) is 73.1 Å². The fraction of sp³-hybridized carbons (Fsp3) is 0.576. The largest absolute Gasteiger partial charge is 0.496 e. The number of benzene rings is 2. The third kappa shape index (κ3) is 13.5. The summed E-state index contributed by atoms with van der Waals surface area (Å²) in [6.07, 6.45) is 18.1. The summed E-state index contributed by atoms with van der Waals surface area (Å²) in [6, 6.07) is 12.0. The zero-order valence-electron chi connectivity index (χ0n) is 55.5. The molecule has 8 aromatic rings. The highest BCUT2D eigenvalue weighted by Gasteiger charge is 2.52. The summed E-state index contributed by atoms with van der Waals surface area (Å²) in [5.41, 5.74) is 5.65. The van der Waals surface area contributed by atoms with Crippen molar-refractivity contribution >= 4 is 130 Å². The van der Waals surface area contributed by atoms with Crippen LogP contribution in [0.3, 0.4) is 0 Å². The van der Waals surface area contributed by atoms with Crippen LogP contribution >= 0.6 is 45.8 Å². The number of halogens is 3. The zero-order valence-corrected chi connectivity index (χ0v) is 61.2. The molecule has 0 amide bonds. The average Bonchev–Trinajstić information content (AvgIpc) is 1.39. The first-order valence-electron chi connectivity index (χ1n) is 32.2. The quantitative estimate of drug-likeness (QED) is 0.0571. The van der Waals surface area contributed by atoms with Crippen LogP contribution in [0.15, 0.2) is 58.6 Å². The van der Waals surface area contributed by atoms with E-state index in [9.17, 15) is 9.59 Å². The van der Waals surface area contributed by atoms with Crippen molar-refractivity contribution in [3.63, 3.8) is 0 Å². The Bertz CT molecular complexity index is 4100. The molecule has 0 N–H and O–H groups in total. The van der Waals surface area contributed by atoms with Gasteiger partial charge in [-0.25, -0.2) is 29.9 Å². The Balaban J connectivity index is 0.000000146. The lowest BCUT2D eigenvalue weighted by atomic mass is 9.78. The van der Waals surface area contributed by atoms with Gasteiger partial charge in [-0.15, -0.1) is 0 Å². The molecule has 5 fully saturated rings. The smallest absolute Gasteiger partial charge is 0.399 e. The van der Waals surface area contributed by atoms with Gasteiger partial charge in [0.1, 0.15) is 47.8 Å². The fourth-order valence-electron chi connectivity index (χ4n) is 13.6. The van der Waals surface area contributed by atoms with Gasteiger partial charge in [0.2, 0.25) is 0 Å². The zero-order chi connectivity index (χ0) is 64.7. The molecule has 0 saturated carbocycles. The number of anilines is 2. The van der Waals surface area contributed by atoms with E-state index in [4.69, 9.17) is 61.9 Å². The number of hydrogen-bond acceptors (Lipinski definition) is 14. The standard InChI is InChI=1S/C30H39ClN6O2Si.C20H31IN4OSi.C16H20BClN2O3/c1-18-13-20-7-8-21(14-18)37(20)25-15-32-28-23(16-36(29(28)34-25)17-39-11-12-40(4,5)6)22-9-10-24-26(27(22)31)30(38)35(3)19(2)33-24;1-14-9-15-5-6-16(10-14)25(15)18-11-22-19-17(21)12-24(20(19)23-18)13-26-7-8-27(2,3)4;1-9-19-11-8-7-10(13(18)12(11)14(21)20(9)6)17-22-15(2,3)16(4,5)23-17/h9-10,15-16,18,20-21H,7-8,11-14,17H2,1-6H3;11-12,14-16H,5-10,13H2,1-4H3;7-8H,1-6H3/t18?,20-,21+;14?,15-,16+;. The molecule has 5 aliphatic heterocycles. The maximum Gasteiger partial charge on any atom is 0.496 e. The number of piperidine rings is 2. The highest BCUT2D eigenvalue weighted by molar-refractivity contribution is 14.1. The maximum atomic E-state index is 13.2. The van der Waals surface area contributed by atoms with E-state index >= 15 is 0 Å². The molecule has 6 atom stereocenters. The van der Waals surface area contributed by atoms with E-state index in [1.807, 2.05) is 76.0 Å². The number of hydrogen-bond donors (Lipinski definition) is 0. The first kappa shape index (κ1) is 66.7. The monoisotopic (exact) mass is 1410 g/mol. The molecule has 90 heavy (non-hydrogen) atoms. The summed E-state index contributed by atoms with van der Waals surface area (Å²) in [6.45, 7) is 33.0. The Labute approximate surface area is 555 Å². The Morgan fingerprint density at radius 3 is 1.50 bits per heavy atom. The van der Waals surface area contributed by atoms with Crippen LogP contribution in [-0.2, 0) is 46.3 Å². The highest BCUT2D eigenvalue weighted by Crippen LogP contribution is 2.44. The third-order valence-electron chi connectivity index (χ3n) is 19.6. The SMILES string of the molecule is CC1C[C@H]2CC[C@@H](C1)N2c1cnc2c(I)cn(COCC[Si](C)(C)C)c2n1.Cc1nc2ccc(-c3cn(COCC[Si](C)(C)C)c4nc(N5[C@@H]6CC[C@H]5CC(C)C6)cnc34)c(Cl)c2c(=O)n1C.Cc1nc2ccc(B3OC(C)(C)C(C)(C)O3)c(Cl)c2c(=O)n1C. The van der Waals surface area contributed by atoms with Crippen molar-refractivity contribution in [3.8, 4) is 11.1 Å². The van der Waals surface area contributed by atoms with Crippen LogP contribution < -0.4 is 26.4 Å². The lowest BCUT2D eigenvalue weighted by Crippen LogP contribution is -2.43. The highest BCUT2D eigenvalue weighted by atomic mass is 127. The average molecular weight is 1410 g/mol. The second kappa shape index (κ2) is 25.8. The molecule has 0 spiro atoms. The summed E-state index contributed by atoms with van der Waals surface area (Å²) >= 11 is 15.8. The van der Waals surface area contributed by atoms with Crippen LogP contribution in [0, 0.1) is 29.3 Å². The van der Waals surface area contributed by atoms with Crippen molar-refractivity contribution in [1.29, 1.82) is 0 Å². The van der Waals surface area contributed by atoms with Crippen LogP contribution in [-0.4, -0.2) is 120 Å². The van der Waals surface area contributed by atoms with E-state index < -0.39 is 34.5 Å². The Kier molecular flexibility index (Phi) is 19.1. The van der Waals surface area contributed by atoms with Gasteiger partial charge in [0, 0.05) is 96.6 Å². The molecule has 2 aromatic carbocycles. The number of fused-ring (bicyclic) bond motifs is 8. The summed E-state index contributed by atoms with van der Waals surface area (Å²) < 4.78 is 32.6. The van der Waals surface area contributed by atoms with Gasteiger partial charge >= 0.3 is 7.12 Å². The van der Waals surface area contributed by atoms with Gasteiger partial charge in [0.25, 0.3) is 11.1 Å². The number of aromatic nitrogens is 10. The maximum absolute atomic E-state index is 13.2. The molecule has 18 nitrogen and oxygen atoms in total. The number of rotatable bonds is 14. The van der Waals surface area contributed by atoms with Gasteiger partial charge in [-0.1, -0.05) is 88.5 Å². The molecule has 0 aliphatic carbocycles. The lowest BCUT2D eigenvalue weighted by Gasteiger charge is -2.38. The van der Waals surface area contributed by atoms with E-state index in [2.05, 4.69) is 106 Å². The van der Waals surface area contributed by atoms with Crippen molar-refractivity contribution in [2.45, 2.75) is 207 Å². The normalized spacial score (nSPS) is 22.1. The lowest BCUT2D eigenvalue weighted by molar-refractivity contribution is 0.00578. The van der Waals surface area contributed by atoms with Crippen LogP contribution in [0.1, 0.15) is 105 Å². The van der Waals surface area contributed by atoms with E-state index in [-0.39, 0.29) is 11.1 Å². The molecule has 5 aliphatic rings. The minimum Gasteiger partial charge on any atom is -0.399 e. The van der Waals surface area contributed by atoms with Crippen LogP contribution in [0.4, 0.5) is 11.6 Å². The third-order valence-corrected chi connectivity index (χ3v) is 24.6. The minimum absolute atomic E-state index is 0.157. The summed E-state index contributed by atoms with van der Waals surface area (Å²) in [5.74, 6) is 4.87. The molecule has 4 bridgehead atoms. The first-order chi connectivity index (χ1) is 42.4. The molecule has 2 unspecified atom stereocenters. The Morgan fingerprint density at radius 2 is 1.03 bits per heavy atom. The van der Waals surface area contributed by atoms with Gasteiger partial charge < -0.3 is 37.7 Å². The molecule has 11 heterocycles. The second-order valence-electron chi connectivity index (χ2n) is 29.5. The first-order valence-corrected chi connectivity index (χ1v) is 41.4. The van der Waals surface area contributed by atoms with Gasteiger partial charge in [-0.3, -0.25) is 18.7 Å². The number of ether oxygens (including phenoxy) is 2. The molecular weight excluding hydrogens is 1320 g/mol.